The van der Waals surface area contributed by atoms with Gasteiger partial charge in [-0.2, -0.15) is 0 Å². The second-order valence-corrected chi connectivity index (χ2v) is 4.91. The van der Waals surface area contributed by atoms with Gasteiger partial charge in [0.05, 0.1) is 6.20 Å². The Kier molecular flexibility index (Phi) is 4.64. The molecule has 1 aromatic heterocycles. The van der Waals surface area contributed by atoms with Crippen molar-refractivity contribution in [3.05, 3.63) is 76.4 Å². The quantitative estimate of drug-likeness (QED) is 0.684. The number of rotatable bonds is 1. The largest absolute Gasteiger partial charge is 0.261 e. The second kappa shape index (κ2) is 6.44. The fraction of sp³-hybridized carbons (Fsp3) is 0. The number of hydrogen-bond donors (Lipinski definition) is 0. The van der Waals surface area contributed by atoms with Crippen LogP contribution in [0, 0.1) is 9.39 Å². The van der Waals surface area contributed by atoms with Crippen LogP contribution in [0.4, 0.5) is 4.39 Å². The van der Waals surface area contributed by atoms with Gasteiger partial charge in [0.2, 0.25) is 0 Å². The minimum absolute atomic E-state index is 0.326. The molecule has 0 amide bonds. The summed E-state index contributed by atoms with van der Waals surface area (Å²) < 4.78 is 14.3. The van der Waals surface area contributed by atoms with Gasteiger partial charge < -0.3 is 0 Å². The van der Waals surface area contributed by atoms with Gasteiger partial charge >= 0.3 is 0 Å². The van der Waals surface area contributed by atoms with E-state index in [1.807, 2.05) is 48.5 Å². The third kappa shape index (κ3) is 3.77. The van der Waals surface area contributed by atoms with Gasteiger partial charge in [0.15, 0.2) is 0 Å². The van der Waals surface area contributed by atoms with E-state index >= 15 is 0 Å². The van der Waals surface area contributed by atoms with E-state index in [1.54, 1.807) is 6.20 Å². The molecule has 0 aliphatic rings. The molecule has 2 rings (SSSR count). The van der Waals surface area contributed by atoms with E-state index < -0.39 is 0 Å². The van der Waals surface area contributed by atoms with Crippen LogP contribution in [0.1, 0.15) is 0 Å². The summed E-state index contributed by atoms with van der Waals surface area (Å²) in [6, 6.07) is 17.2. The monoisotopic (exact) mass is 351 g/mol. The van der Waals surface area contributed by atoms with Crippen LogP contribution in [-0.4, -0.2) is 4.98 Å². The zero-order chi connectivity index (χ0) is 12.8. The smallest absolute Gasteiger partial charge is 0.142 e. The lowest BCUT2D eigenvalue weighted by molar-refractivity contribution is 0.622. The Morgan fingerprint density at radius 1 is 0.833 bits per heavy atom. The fourth-order valence-corrected chi connectivity index (χ4v) is 1.87. The summed E-state index contributed by atoms with van der Waals surface area (Å²) in [5.41, 5.74) is 1.70. The minimum Gasteiger partial charge on any atom is -0.261 e. The third-order valence-electron chi connectivity index (χ3n) is 2.32. The van der Waals surface area contributed by atoms with Crippen LogP contribution in [-0.2, 0) is 0 Å². The lowest BCUT2D eigenvalue weighted by Crippen LogP contribution is -1.81. The highest BCUT2D eigenvalue weighted by Gasteiger charge is 1.97. The zero-order valence-corrected chi connectivity index (χ0v) is 11.7. The molecule has 3 heteroatoms. The summed E-state index contributed by atoms with van der Waals surface area (Å²) in [6.07, 6.45) is 2.86. The van der Waals surface area contributed by atoms with Crippen molar-refractivity contribution in [3.8, 4) is 11.1 Å². The Morgan fingerprint density at radius 3 is 2.39 bits per heavy atom. The third-order valence-corrected chi connectivity index (χ3v) is 3.04. The highest BCUT2D eigenvalue weighted by molar-refractivity contribution is 14.1. The van der Waals surface area contributed by atoms with Crippen molar-refractivity contribution in [1.82, 2.24) is 4.98 Å². The summed E-state index contributed by atoms with van der Waals surface area (Å²) in [5.74, 6) is -0.326. The first kappa shape index (κ1) is 13.0. The topological polar surface area (TPSA) is 12.9 Å². The molecule has 1 aromatic carbocycles. The van der Waals surface area contributed by atoms with Crippen molar-refractivity contribution in [2.45, 2.75) is 0 Å². The molecule has 0 fully saturated rings. The molecule has 0 aliphatic heterocycles. The lowest BCUT2D eigenvalue weighted by Gasteiger charge is -1.98. The Labute approximate surface area is 119 Å². The summed E-state index contributed by atoms with van der Waals surface area (Å²) in [6.45, 7) is 0. The summed E-state index contributed by atoms with van der Waals surface area (Å²) in [5, 5.41) is 0. The van der Waals surface area contributed by atoms with Gasteiger partial charge in [-0.05, 0) is 46.4 Å². The number of nitrogens with zero attached hydrogens (tertiary/aromatic N) is 1. The van der Waals surface area contributed by atoms with Gasteiger partial charge in [-0.1, -0.05) is 36.4 Å². The van der Waals surface area contributed by atoms with Crippen LogP contribution in [0.3, 0.4) is 0 Å². The Morgan fingerprint density at radius 2 is 1.61 bits per heavy atom. The van der Waals surface area contributed by atoms with Gasteiger partial charge in [-0.3, -0.25) is 4.98 Å². The van der Waals surface area contributed by atoms with Crippen LogP contribution in [0.2, 0.25) is 0 Å². The van der Waals surface area contributed by atoms with Crippen LogP contribution < -0.4 is 0 Å². The molecular weight excluding hydrogens is 340 g/mol. The zero-order valence-electron chi connectivity index (χ0n) is 9.55. The van der Waals surface area contributed by atoms with Crippen molar-refractivity contribution < 1.29 is 4.39 Å². The lowest BCUT2D eigenvalue weighted by atomic mass is 10.1. The Hall–Kier alpha value is -1.49. The summed E-state index contributed by atoms with van der Waals surface area (Å²) in [4.78, 5) is 3.87. The molecule has 90 valence electrons. The average Bonchev–Trinajstić information content (AvgIpc) is 2.37. The molecular formula is C15H11FIN. The number of pyridine rings is 1. The van der Waals surface area contributed by atoms with E-state index in [0.29, 0.717) is 0 Å². The van der Waals surface area contributed by atoms with Crippen LogP contribution in [0.15, 0.2) is 67.0 Å². The van der Waals surface area contributed by atoms with Gasteiger partial charge in [0.25, 0.3) is 0 Å². The van der Waals surface area contributed by atoms with Crippen molar-refractivity contribution in [1.29, 1.82) is 0 Å². The molecule has 0 saturated carbocycles. The Balaban J connectivity index is 2.57. The first-order valence-electron chi connectivity index (χ1n) is 5.45. The standard InChI is InChI=1S/C15H11FIN/c16-14-9-13(10-18-11-14)12-5-3-1-2-4-6-15(17)8-7-12/h1-11H. The van der Waals surface area contributed by atoms with Gasteiger partial charge in [0, 0.05) is 15.3 Å². The fourth-order valence-electron chi connectivity index (χ4n) is 1.48. The summed E-state index contributed by atoms with van der Waals surface area (Å²) >= 11 is 2.25. The SMILES string of the molecule is Fc1cncc(-c2ccccccc(I)cc2)c1. The second-order valence-electron chi connectivity index (χ2n) is 3.67. The van der Waals surface area contributed by atoms with E-state index in [0.717, 1.165) is 14.7 Å². The van der Waals surface area contributed by atoms with Crippen LogP contribution in [0.25, 0.3) is 11.1 Å². The van der Waals surface area contributed by atoms with Crippen molar-refractivity contribution in [2.24, 2.45) is 0 Å². The van der Waals surface area contributed by atoms with Crippen LogP contribution >= 0.6 is 22.6 Å². The van der Waals surface area contributed by atoms with Crippen molar-refractivity contribution in [2.75, 3.05) is 0 Å². The molecule has 0 radical (unpaired) electrons. The molecule has 0 N–H and O–H groups in total. The highest BCUT2D eigenvalue weighted by atomic mass is 127. The van der Waals surface area contributed by atoms with Crippen molar-refractivity contribution >= 4 is 22.6 Å². The molecule has 0 spiro atoms. The molecule has 0 unspecified atom stereocenters. The van der Waals surface area contributed by atoms with E-state index in [9.17, 15) is 4.39 Å². The number of aromatic nitrogens is 1. The molecule has 18 heavy (non-hydrogen) atoms. The maximum Gasteiger partial charge on any atom is 0.142 e. The number of hydrogen-bond acceptors (Lipinski definition) is 1. The van der Waals surface area contributed by atoms with Gasteiger partial charge in [-0.25, -0.2) is 4.39 Å². The average molecular weight is 351 g/mol. The van der Waals surface area contributed by atoms with E-state index in [4.69, 9.17) is 0 Å². The van der Waals surface area contributed by atoms with E-state index in [1.165, 1.54) is 12.3 Å². The molecule has 2 aromatic rings. The predicted molar refractivity (Wildman–Crippen MR) is 80.0 cm³/mol. The van der Waals surface area contributed by atoms with E-state index in [-0.39, 0.29) is 5.82 Å². The highest BCUT2D eigenvalue weighted by Crippen LogP contribution is 2.17. The predicted octanol–water partition coefficient (Wildman–Crippen LogP) is 4.62. The van der Waals surface area contributed by atoms with Gasteiger partial charge in [0.1, 0.15) is 5.82 Å². The van der Waals surface area contributed by atoms with Crippen molar-refractivity contribution in [3.63, 3.8) is 0 Å². The molecule has 0 bridgehead atoms. The van der Waals surface area contributed by atoms with Gasteiger partial charge in [-0.15, -0.1) is 0 Å². The maximum atomic E-state index is 13.2. The molecule has 0 atom stereocenters. The molecule has 0 saturated heterocycles. The normalized spacial score (nSPS) is 9.67. The first-order chi connectivity index (χ1) is 8.75. The number of halogens is 2. The van der Waals surface area contributed by atoms with E-state index in [2.05, 4.69) is 27.6 Å². The Bertz CT molecular complexity index is 597. The maximum absolute atomic E-state index is 13.2. The molecule has 1 nitrogen and oxygen atoms in total. The first-order valence-corrected chi connectivity index (χ1v) is 6.53. The molecule has 0 aliphatic carbocycles. The minimum atomic E-state index is -0.326. The summed E-state index contributed by atoms with van der Waals surface area (Å²) in [7, 11) is 0. The van der Waals surface area contributed by atoms with Crippen LogP contribution in [0.5, 0.6) is 0 Å². The molecule has 1 heterocycles.